The third-order valence-electron chi connectivity index (χ3n) is 5.05. The van der Waals surface area contributed by atoms with Crippen LogP contribution in [0.4, 0.5) is 0 Å². The third kappa shape index (κ3) is 2.93. The Labute approximate surface area is 147 Å². The van der Waals surface area contributed by atoms with Gasteiger partial charge >= 0.3 is 0 Å². The average Bonchev–Trinajstić information content (AvgIpc) is 3.34. The van der Waals surface area contributed by atoms with Crippen molar-refractivity contribution in [2.75, 3.05) is 6.54 Å². The van der Waals surface area contributed by atoms with Gasteiger partial charge in [-0.05, 0) is 55.3 Å². The Bertz CT molecular complexity index is 850. The number of tetrazole rings is 1. The Hall–Kier alpha value is -2.28. The number of nitrogens with zero attached hydrogens (tertiary/aromatic N) is 7. The van der Waals surface area contributed by atoms with E-state index >= 15 is 0 Å². The van der Waals surface area contributed by atoms with E-state index in [2.05, 4.69) is 63.1 Å². The molecule has 1 saturated heterocycles. The van der Waals surface area contributed by atoms with Crippen LogP contribution >= 0.6 is 0 Å². The Morgan fingerprint density at radius 1 is 1.20 bits per heavy atom. The van der Waals surface area contributed by atoms with Crippen LogP contribution in [0.15, 0.2) is 24.3 Å². The average molecular weight is 339 g/mol. The molecule has 1 atom stereocenters. The fraction of sp³-hybridized carbons (Fsp3) is 0.556. The predicted molar refractivity (Wildman–Crippen MR) is 95.9 cm³/mol. The van der Waals surface area contributed by atoms with E-state index in [1.807, 2.05) is 4.68 Å². The molecule has 1 fully saturated rings. The first-order chi connectivity index (χ1) is 12.3. The molecule has 25 heavy (non-hydrogen) atoms. The largest absolute Gasteiger partial charge is 0.327 e. The number of likely N-dealkylation sites (tertiary alicyclic amines) is 1. The lowest BCUT2D eigenvalue weighted by Crippen LogP contribution is -2.27. The van der Waals surface area contributed by atoms with Crippen molar-refractivity contribution in [2.24, 2.45) is 0 Å². The van der Waals surface area contributed by atoms with E-state index in [1.54, 1.807) is 0 Å². The highest BCUT2D eigenvalue weighted by molar-refractivity contribution is 5.76. The third-order valence-corrected chi connectivity index (χ3v) is 5.05. The minimum absolute atomic E-state index is 0.333. The maximum Gasteiger partial charge on any atom is 0.165 e. The maximum atomic E-state index is 4.97. The van der Waals surface area contributed by atoms with Gasteiger partial charge in [0.25, 0.3) is 0 Å². The van der Waals surface area contributed by atoms with Crippen LogP contribution in [0.5, 0.6) is 0 Å². The molecule has 132 valence electrons. The number of hydrogen-bond donors (Lipinski definition) is 0. The van der Waals surface area contributed by atoms with E-state index in [-0.39, 0.29) is 0 Å². The molecule has 0 saturated carbocycles. The number of benzene rings is 1. The quantitative estimate of drug-likeness (QED) is 0.691. The topological polar surface area (TPSA) is 64.7 Å². The second kappa shape index (κ2) is 6.92. The molecule has 2 aromatic heterocycles. The molecule has 1 aliphatic rings. The van der Waals surface area contributed by atoms with E-state index in [4.69, 9.17) is 4.98 Å². The van der Waals surface area contributed by atoms with Crippen molar-refractivity contribution in [1.29, 1.82) is 0 Å². The van der Waals surface area contributed by atoms with Gasteiger partial charge in [0.1, 0.15) is 5.82 Å². The molecule has 3 heterocycles. The molecule has 4 rings (SSSR count). The lowest BCUT2D eigenvalue weighted by molar-refractivity contribution is 0.225. The second-order valence-electron chi connectivity index (χ2n) is 6.65. The fourth-order valence-electron chi connectivity index (χ4n) is 3.89. The van der Waals surface area contributed by atoms with Gasteiger partial charge in [-0.15, -0.1) is 5.10 Å². The van der Waals surface area contributed by atoms with E-state index in [1.165, 1.54) is 17.8 Å². The standard InChI is InChI=1S/C18H25N7/c1-3-11-25-17(20-21-22-25)13-23-12-7-10-16(23)18-19-14-8-5-6-9-15(14)24(18)4-2/h5-6,8-9,16H,3-4,7,10-13H2,1-2H3/t16-/m0/s1. The summed E-state index contributed by atoms with van der Waals surface area (Å²) in [5.74, 6) is 2.13. The van der Waals surface area contributed by atoms with Crippen LogP contribution < -0.4 is 0 Å². The van der Waals surface area contributed by atoms with E-state index in [0.717, 1.165) is 50.4 Å². The molecular formula is C18H25N7. The summed E-state index contributed by atoms with van der Waals surface area (Å²) in [4.78, 5) is 7.44. The van der Waals surface area contributed by atoms with E-state index in [9.17, 15) is 0 Å². The Kier molecular flexibility index (Phi) is 4.48. The lowest BCUT2D eigenvalue weighted by atomic mass is 10.2. The summed E-state index contributed by atoms with van der Waals surface area (Å²) in [6.07, 6.45) is 3.36. The number of aromatic nitrogens is 6. The lowest BCUT2D eigenvalue weighted by Gasteiger charge is -2.24. The van der Waals surface area contributed by atoms with E-state index in [0.29, 0.717) is 6.04 Å². The predicted octanol–water partition coefficient (Wildman–Crippen LogP) is 2.79. The summed E-state index contributed by atoms with van der Waals surface area (Å²) in [5.41, 5.74) is 2.31. The van der Waals surface area contributed by atoms with Crippen LogP contribution in [0.2, 0.25) is 0 Å². The fourth-order valence-corrected chi connectivity index (χ4v) is 3.89. The van der Waals surface area contributed by atoms with Crippen LogP contribution in [-0.2, 0) is 19.6 Å². The summed E-state index contributed by atoms with van der Waals surface area (Å²) in [7, 11) is 0. The molecule has 0 N–H and O–H groups in total. The van der Waals surface area contributed by atoms with Gasteiger partial charge in [0.05, 0.1) is 23.6 Å². The van der Waals surface area contributed by atoms with Crippen LogP contribution in [0.1, 0.15) is 50.8 Å². The van der Waals surface area contributed by atoms with Crippen molar-refractivity contribution in [3.8, 4) is 0 Å². The highest BCUT2D eigenvalue weighted by Crippen LogP contribution is 2.34. The molecule has 1 aromatic carbocycles. The van der Waals surface area contributed by atoms with Crippen LogP contribution in [0.25, 0.3) is 11.0 Å². The number of para-hydroxylation sites is 2. The molecule has 1 aliphatic heterocycles. The first-order valence-electron chi connectivity index (χ1n) is 9.26. The second-order valence-corrected chi connectivity index (χ2v) is 6.65. The van der Waals surface area contributed by atoms with Gasteiger partial charge in [-0.25, -0.2) is 9.67 Å². The molecular weight excluding hydrogens is 314 g/mol. The van der Waals surface area contributed by atoms with Crippen LogP contribution in [0.3, 0.4) is 0 Å². The number of fused-ring (bicyclic) bond motifs is 1. The molecule has 7 nitrogen and oxygen atoms in total. The molecule has 0 unspecified atom stereocenters. The van der Waals surface area contributed by atoms with Crippen molar-refractivity contribution in [1.82, 2.24) is 34.7 Å². The van der Waals surface area contributed by atoms with Gasteiger partial charge in [-0.1, -0.05) is 19.1 Å². The van der Waals surface area contributed by atoms with Gasteiger partial charge in [0.15, 0.2) is 5.82 Å². The first kappa shape index (κ1) is 16.2. The normalized spacial score (nSPS) is 18.4. The zero-order valence-electron chi connectivity index (χ0n) is 15.0. The van der Waals surface area contributed by atoms with E-state index < -0.39 is 0 Å². The van der Waals surface area contributed by atoms with Crippen molar-refractivity contribution in [3.05, 3.63) is 35.9 Å². The van der Waals surface area contributed by atoms with Crippen molar-refractivity contribution in [3.63, 3.8) is 0 Å². The van der Waals surface area contributed by atoms with Crippen LogP contribution in [0, 0.1) is 0 Å². The number of aryl methyl sites for hydroxylation is 2. The Morgan fingerprint density at radius 3 is 2.92 bits per heavy atom. The van der Waals surface area contributed by atoms with Gasteiger partial charge in [0.2, 0.25) is 0 Å². The highest BCUT2D eigenvalue weighted by Gasteiger charge is 2.31. The van der Waals surface area contributed by atoms with Gasteiger partial charge < -0.3 is 4.57 Å². The first-order valence-corrected chi connectivity index (χ1v) is 9.26. The molecule has 0 spiro atoms. The molecule has 0 bridgehead atoms. The molecule has 0 amide bonds. The molecule has 0 radical (unpaired) electrons. The van der Waals surface area contributed by atoms with Crippen molar-refractivity contribution >= 4 is 11.0 Å². The van der Waals surface area contributed by atoms with Crippen molar-refractivity contribution < 1.29 is 0 Å². The van der Waals surface area contributed by atoms with Crippen molar-refractivity contribution in [2.45, 2.75) is 58.8 Å². The zero-order valence-corrected chi connectivity index (χ0v) is 15.0. The Balaban J connectivity index is 1.64. The number of rotatable bonds is 6. The Morgan fingerprint density at radius 2 is 2.08 bits per heavy atom. The highest BCUT2D eigenvalue weighted by atomic mass is 15.5. The molecule has 0 aliphatic carbocycles. The minimum Gasteiger partial charge on any atom is -0.327 e. The monoisotopic (exact) mass is 339 g/mol. The summed E-state index contributed by atoms with van der Waals surface area (Å²) in [6, 6.07) is 8.75. The maximum absolute atomic E-state index is 4.97. The van der Waals surface area contributed by atoms with Crippen LogP contribution in [-0.4, -0.2) is 41.2 Å². The zero-order chi connectivity index (χ0) is 17.2. The SMILES string of the molecule is CCCn1nnnc1CN1CCC[C@H]1c1nc2ccccc2n1CC. The van der Waals surface area contributed by atoms with Gasteiger partial charge in [0, 0.05) is 13.1 Å². The van der Waals surface area contributed by atoms with Gasteiger partial charge in [-0.3, -0.25) is 4.90 Å². The minimum atomic E-state index is 0.333. The molecule has 7 heteroatoms. The number of imidazole rings is 1. The summed E-state index contributed by atoms with van der Waals surface area (Å²) >= 11 is 0. The number of hydrogen-bond acceptors (Lipinski definition) is 5. The molecule has 3 aromatic rings. The van der Waals surface area contributed by atoms with Gasteiger partial charge in [-0.2, -0.15) is 0 Å². The summed E-state index contributed by atoms with van der Waals surface area (Å²) in [5, 5.41) is 12.2. The summed E-state index contributed by atoms with van der Waals surface area (Å²) in [6.45, 7) is 8.00. The smallest absolute Gasteiger partial charge is 0.165 e. The summed E-state index contributed by atoms with van der Waals surface area (Å²) < 4.78 is 4.28.